The van der Waals surface area contributed by atoms with E-state index in [1.165, 1.54) is 24.3 Å². The predicted octanol–water partition coefficient (Wildman–Crippen LogP) is 0.698. The van der Waals surface area contributed by atoms with E-state index in [1.54, 1.807) is 6.07 Å². The molecule has 0 unspecified atom stereocenters. The number of hydrogen-bond donors (Lipinski definition) is 1. The second-order valence-electron chi connectivity index (χ2n) is 4.28. The zero-order valence-corrected chi connectivity index (χ0v) is 11.9. The summed E-state index contributed by atoms with van der Waals surface area (Å²) >= 11 is 0. The Kier molecular flexibility index (Phi) is 6.24. The molecule has 1 rings (SSSR count). The number of nitrogens with zero attached hydrogens (tertiary/aromatic N) is 2. The predicted molar refractivity (Wildman–Crippen MR) is 77.0 cm³/mol. The van der Waals surface area contributed by atoms with Crippen molar-refractivity contribution in [1.82, 2.24) is 0 Å². The van der Waals surface area contributed by atoms with Crippen LogP contribution in [0.3, 0.4) is 0 Å². The first-order valence-electron chi connectivity index (χ1n) is 6.25. The van der Waals surface area contributed by atoms with Gasteiger partial charge in [-0.05, 0) is 6.07 Å². The maximum absolute atomic E-state index is 11.6. The number of ketones is 1. The highest BCUT2D eigenvalue weighted by molar-refractivity contribution is 5.88. The van der Waals surface area contributed by atoms with E-state index >= 15 is 0 Å². The molecule has 0 fully saturated rings. The van der Waals surface area contributed by atoms with Crippen molar-refractivity contribution in [3.05, 3.63) is 46.7 Å². The lowest BCUT2D eigenvalue weighted by atomic mass is 10.0. The fourth-order valence-electron chi connectivity index (χ4n) is 1.51. The van der Waals surface area contributed by atoms with Gasteiger partial charge < -0.3 is 15.2 Å². The van der Waals surface area contributed by atoms with Crippen molar-refractivity contribution in [2.24, 2.45) is 11.7 Å². The number of benzene rings is 1. The highest BCUT2D eigenvalue weighted by Gasteiger charge is 2.21. The molecule has 120 valence electrons. The standard InChI is InChI=1S/C14H13N3O6/c1-9(16)10(6-15)12(18)7-23-14(19)8-22-13-5-3-2-4-11(13)17(20)21/h2-5,10H,1,7-8,16H2/t10-/m0/s1. The molecule has 1 aromatic rings. The summed E-state index contributed by atoms with van der Waals surface area (Å²) in [6, 6.07) is 7.12. The van der Waals surface area contributed by atoms with E-state index in [2.05, 4.69) is 11.3 Å². The van der Waals surface area contributed by atoms with Gasteiger partial charge in [-0.2, -0.15) is 5.26 Å². The summed E-state index contributed by atoms with van der Waals surface area (Å²) in [5.74, 6) is -3.01. The van der Waals surface area contributed by atoms with E-state index in [4.69, 9.17) is 15.7 Å². The number of carbonyl (C=O) groups excluding carboxylic acids is 2. The minimum atomic E-state index is -1.26. The average molecular weight is 319 g/mol. The molecule has 0 spiro atoms. The van der Waals surface area contributed by atoms with Gasteiger partial charge in [0, 0.05) is 11.8 Å². The van der Waals surface area contributed by atoms with Gasteiger partial charge >= 0.3 is 11.7 Å². The average Bonchev–Trinajstić information content (AvgIpc) is 2.51. The van der Waals surface area contributed by atoms with E-state index in [9.17, 15) is 19.7 Å². The van der Waals surface area contributed by atoms with Gasteiger partial charge in [-0.1, -0.05) is 18.7 Å². The van der Waals surface area contributed by atoms with Crippen LogP contribution in [0, 0.1) is 27.4 Å². The number of nitro benzene ring substituents is 1. The van der Waals surface area contributed by atoms with E-state index in [-0.39, 0.29) is 17.1 Å². The van der Waals surface area contributed by atoms with Crippen molar-refractivity contribution in [3.63, 3.8) is 0 Å². The molecule has 0 saturated heterocycles. The van der Waals surface area contributed by atoms with Crippen LogP contribution in [0.15, 0.2) is 36.5 Å². The van der Waals surface area contributed by atoms with Crippen molar-refractivity contribution in [1.29, 1.82) is 5.26 Å². The maximum Gasteiger partial charge on any atom is 0.344 e. The number of nitrogens with two attached hydrogens (primary N) is 1. The van der Waals surface area contributed by atoms with Crippen LogP contribution in [0.1, 0.15) is 0 Å². The van der Waals surface area contributed by atoms with Crippen LogP contribution >= 0.6 is 0 Å². The van der Waals surface area contributed by atoms with Crippen LogP contribution in [-0.4, -0.2) is 29.9 Å². The topological polar surface area (TPSA) is 146 Å². The smallest absolute Gasteiger partial charge is 0.344 e. The van der Waals surface area contributed by atoms with Crippen molar-refractivity contribution in [3.8, 4) is 11.8 Å². The first-order valence-corrected chi connectivity index (χ1v) is 6.25. The number of rotatable bonds is 8. The van der Waals surface area contributed by atoms with Crippen LogP contribution in [0.4, 0.5) is 5.69 Å². The highest BCUT2D eigenvalue weighted by atomic mass is 16.6. The second kappa shape index (κ2) is 8.14. The summed E-state index contributed by atoms with van der Waals surface area (Å²) in [6.45, 7) is 1.98. The van der Waals surface area contributed by atoms with Crippen molar-refractivity contribution < 1.29 is 24.0 Å². The minimum Gasteiger partial charge on any atom is -0.475 e. The molecule has 0 aliphatic heterocycles. The molecular weight excluding hydrogens is 306 g/mol. The number of hydrogen-bond acceptors (Lipinski definition) is 8. The van der Waals surface area contributed by atoms with Gasteiger partial charge in [0.2, 0.25) is 0 Å². The Balaban J connectivity index is 2.53. The molecular formula is C14H13N3O6. The molecule has 1 atom stereocenters. The van der Waals surface area contributed by atoms with E-state index in [0.717, 1.165) is 0 Å². The summed E-state index contributed by atoms with van der Waals surface area (Å²) in [5, 5.41) is 19.5. The van der Waals surface area contributed by atoms with E-state index in [1.807, 2.05) is 0 Å². The number of allylic oxidation sites excluding steroid dienone is 1. The molecule has 0 saturated carbocycles. The van der Waals surface area contributed by atoms with Crippen LogP contribution in [0.5, 0.6) is 5.75 Å². The Hall–Kier alpha value is -3.41. The van der Waals surface area contributed by atoms with Gasteiger partial charge in [-0.25, -0.2) is 4.79 Å². The first kappa shape index (κ1) is 17.6. The third kappa shape index (κ3) is 5.13. The zero-order chi connectivity index (χ0) is 17.4. The van der Waals surface area contributed by atoms with Crippen molar-refractivity contribution in [2.45, 2.75) is 0 Å². The first-order chi connectivity index (χ1) is 10.9. The Bertz CT molecular complexity index is 679. The summed E-state index contributed by atoms with van der Waals surface area (Å²) in [4.78, 5) is 33.2. The SMILES string of the molecule is C=C(N)[C@H](C#N)C(=O)COC(=O)COc1ccccc1[N+](=O)[O-]. The maximum atomic E-state index is 11.6. The van der Waals surface area contributed by atoms with Gasteiger partial charge in [0.05, 0.1) is 11.0 Å². The molecule has 0 aromatic heterocycles. The summed E-state index contributed by atoms with van der Waals surface area (Å²) in [5.41, 5.74) is 4.81. The Morgan fingerprint density at radius 2 is 2.04 bits per heavy atom. The number of ether oxygens (including phenoxy) is 2. The molecule has 0 radical (unpaired) electrons. The lowest BCUT2D eigenvalue weighted by molar-refractivity contribution is -0.385. The van der Waals surface area contributed by atoms with Crippen molar-refractivity contribution in [2.75, 3.05) is 13.2 Å². The van der Waals surface area contributed by atoms with Crippen molar-refractivity contribution >= 4 is 17.4 Å². The summed E-state index contributed by atoms with van der Waals surface area (Å²) in [6.07, 6.45) is 0. The van der Waals surface area contributed by atoms with Gasteiger partial charge in [0.25, 0.3) is 0 Å². The largest absolute Gasteiger partial charge is 0.475 e. The lowest BCUT2D eigenvalue weighted by Crippen LogP contribution is -2.26. The number of para-hydroxylation sites is 2. The van der Waals surface area contributed by atoms with Crippen LogP contribution in [0.2, 0.25) is 0 Å². The molecule has 0 aliphatic rings. The lowest BCUT2D eigenvalue weighted by Gasteiger charge is -2.09. The van der Waals surface area contributed by atoms with Crippen LogP contribution in [-0.2, 0) is 14.3 Å². The fourth-order valence-corrected chi connectivity index (χ4v) is 1.51. The molecule has 0 bridgehead atoms. The molecule has 9 nitrogen and oxygen atoms in total. The summed E-state index contributed by atoms with van der Waals surface area (Å²) < 4.78 is 9.62. The number of Topliss-reactive ketones (excluding diaryl/α,β-unsaturated/α-hetero) is 1. The van der Waals surface area contributed by atoms with Gasteiger partial charge in [0.1, 0.15) is 5.92 Å². The fraction of sp³-hybridized carbons (Fsp3) is 0.214. The van der Waals surface area contributed by atoms with Gasteiger partial charge in [-0.15, -0.1) is 0 Å². The number of esters is 1. The Labute approximate surface area is 131 Å². The second-order valence-corrected chi connectivity index (χ2v) is 4.28. The Morgan fingerprint density at radius 1 is 1.39 bits per heavy atom. The quantitative estimate of drug-likeness (QED) is 0.418. The summed E-state index contributed by atoms with van der Waals surface area (Å²) in [7, 11) is 0. The van der Waals surface area contributed by atoms with Crippen LogP contribution < -0.4 is 10.5 Å². The third-order valence-electron chi connectivity index (χ3n) is 2.60. The molecule has 0 aliphatic carbocycles. The highest BCUT2D eigenvalue weighted by Crippen LogP contribution is 2.25. The van der Waals surface area contributed by atoms with Crippen LogP contribution in [0.25, 0.3) is 0 Å². The number of nitro groups is 1. The van der Waals surface area contributed by atoms with E-state index in [0.29, 0.717) is 0 Å². The third-order valence-corrected chi connectivity index (χ3v) is 2.60. The molecule has 23 heavy (non-hydrogen) atoms. The Morgan fingerprint density at radius 3 is 2.61 bits per heavy atom. The zero-order valence-electron chi connectivity index (χ0n) is 11.9. The minimum absolute atomic E-state index is 0.106. The molecule has 2 N–H and O–H groups in total. The van der Waals surface area contributed by atoms with E-state index < -0.39 is 35.8 Å². The number of carbonyl (C=O) groups is 2. The molecule has 1 aromatic carbocycles. The molecule has 0 amide bonds. The number of nitriles is 1. The normalized spacial score (nSPS) is 10.9. The van der Waals surface area contributed by atoms with Gasteiger partial charge in [0.15, 0.2) is 24.7 Å². The molecule has 0 heterocycles. The monoisotopic (exact) mass is 319 g/mol. The van der Waals surface area contributed by atoms with Gasteiger partial charge in [-0.3, -0.25) is 14.9 Å². The molecule has 9 heteroatoms.